The lowest BCUT2D eigenvalue weighted by Gasteiger charge is -2.24. The SMILES string of the molecule is Cc1cnc(Nc2cccc(C3CCCN3C(=O)c3ccccc3)n2)s1. The van der Waals surface area contributed by atoms with Crippen molar-refractivity contribution in [2.24, 2.45) is 0 Å². The monoisotopic (exact) mass is 364 g/mol. The molecule has 0 bridgehead atoms. The predicted octanol–water partition coefficient (Wildman–Crippen LogP) is 4.57. The van der Waals surface area contributed by atoms with E-state index in [9.17, 15) is 4.79 Å². The Labute approximate surface area is 156 Å². The van der Waals surface area contributed by atoms with Gasteiger partial charge in [0, 0.05) is 23.2 Å². The zero-order valence-corrected chi connectivity index (χ0v) is 15.4. The number of aromatic nitrogens is 2. The van der Waals surface area contributed by atoms with Crippen molar-refractivity contribution in [1.82, 2.24) is 14.9 Å². The van der Waals surface area contributed by atoms with Crippen molar-refractivity contribution in [3.8, 4) is 0 Å². The molecule has 1 atom stereocenters. The van der Waals surface area contributed by atoms with E-state index in [1.807, 2.05) is 66.6 Å². The van der Waals surface area contributed by atoms with Crippen molar-refractivity contribution in [1.29, 1.82) is 0 Å². The topological polar surface area (TPSA) is 58.1 Å². The van der Waals surface area contributed by atoms with Gasteiger partial charge in [0.15, 0.2) is 5.13 Å². The lowest BCUT2D eigenvalue weighted by molar-refractivity contribution is 0.0733. The molecule has 1 amide bonds. The molecule has 0 radical (unpaired) electrons. The number of aryl methyl sites for hydroxylation is 1. The van der Waals surface area contributed by atoms with Gasteiger partial charge in [-0.05, 0) is 44.0 Å². The van der Waals surface area contributed by atoms with Gasteiger partial charge >= 0.3 is 0 Å². The third-order valence-corrected chi connectivity index (χ3v) is 5.33. The van der Waals surface area contributed by atoms with E-state index >= 15 is 0 Å². The van der Waals surface area contributed by atoms with Crippen LogP contribution in [0.15, 0.2) is 54.7 Å². The number of likely N-dealkylation sites (tertiary alicyclic amines) is 1. The number of carbonyl (C=O) groups is 1. The normalized spacial score (nSPS) is 16.7. The van der Waals surface area contributed by atoms with Crippen molar-refractivity contribution < 1.29 is 4.79 Å². The van der Waals surface area contributed by atoms with Crippen molar-refractivity contribution in [2.45, 2.75) is 25.8 Å². The first-order valence-electron chi connectivity index (χ1n) is 8.73. The fraction of sp³-hybridized carbons (Fsp3) is 0.250. The van der Waals surface area contributed by atoms with Crippen LogP contribution in [-0.4, -0.2) is 27.3 Å². The molecule has 1 N–H and O–H groups in total. The summed E-state index contributed by atoms with van der Waals surface area (Å²) in [6, 6.07) is 15.4. The molecule has 1 aliphatic rings. The van der Waals surface area contributed by atoms with Crippen LogP contribution in [0, 0.1) is 6.92 Å². The maximum Gasteiger partial charge on any atom is 0.254 e. The van der Waals surface area contributed by atoms with Crippen molar-refractivity contribution in [3.05, 3.63) is 70.9 Å². The van der Waals surface area contributed by atoms with E-state index in [1.54, 1.807) is 11.3 Å². The lowest BCUT2D eigenvalue weighted by atomic mass is 10.1. The zero-order valence-electron chi connectivity index (χ0n) is 14.6. The number of rotatable bonds is 4. The first-order chi connectivity index (χ1) is 12.7. The molecule has 1 unspecified atom stereocenters. The smallest absolute Gasteiger partial charge is 0.254 e. The molecular formula is C20H20N4OS. The van der Waals surface area contributed by atoms with Crippen molar-refractivity contribution in [3.63, 3.8) is 0 Å². The summed E-state index contributed by atoms with van der Waals surface area (Å²) in [5, 5.41) is 4.09. The molecule has 1 aliphatic heterocycles. The second kappa shape index (κ2) is 7.25. The summed E-state index contributed by atoms with van der Waals surface area (Å²) in [5.41, 5.74) is 1.65. The van der Waals surface area contributed by atoms with Gasteiger partial charge < -0.3 is 10.2 Å². The van der Waals surface area contributed by atoms with Crippen molar-refractivity contribution in [2.75, 3.05) is 11.9 Å². The molecule has 1 saturated heterocycles. The Morgan fingerprint density at radius 2 is 2.04 bits per heavy atom. The minimum absolute atomic E-state index is 0.0162. The predicted molar refractivity (Wildman–Crippen MR) is 104 cm³/mol. The molecule has 2 aromatic heterocycles. The van der Waals surface area contributed by atoms with Gasteiger partial charge in [-0.15, -0.1) is 11.3 Å². The number of benzene rings is 1. The van der Waals surface area contributed by atoms with Gasteiger partial charge in [0.2, 0.25) is 0 Å². The molecule has 3 heterocycles. The fourth-order valence-electron chi connectivity index (χ4n) is 3.29. The molecule has 0 saturated carbocycles. The summed E-state index contributed by atoms with van der Waals surface area (Å²) in [7, 11) is 0. The van der Waals surface area contributed by atoms with E-state index < -0.39 is 0 Å². The average molecular weight is 364 g/mol. The highest BCUT2D eigenvalue weighted by atomic mass is 32.1. The van der Waals surface area contributed by atoms with Crippen LogP contribution in [0.2, 0.25) is 0 Å². The van der Waals surface area contributed by atoms with Gasteiger partial charge in [-0.2, -0.15) is 0 Å². The Morgan fingerprint density at radius 1 is 1.19 bits per heavy atom. The molecule has 4 rings (SSSR count). The summed E-state index contributed by atoms with van der Waals surface area (Å²) >= 11 is 1.60. The maximum atomic E-state index is 12.9. The third kappa shape index (κ3) is 3.46. The number of nitrogens with zero attached hydrogens (tertiary/aromatic N) is 3. The number of carbonyl (C=O) groups excluding carboxylic acids is 1. The summed E-state index contributed by atoms with van der Waals surface area (Å²) in [6.07, 6.45) is 3.77. The van der Waals surface area contributed by atoms with Crippen LogP contribution in [0.5, 0.6) is 0 Å². The van der Waals surface area contributed by atoms with Crippen LogP contribution in [-0.2, 0) is 0 Å². The second-order valence-electron chi connectivity index (χ2n) is 6.37. The van der Waals surface area contributed by atoms with Gasteiger partial charge in [-0.3, -0.25) is 4.79 Å². The zero-order chi connectivity index (χ0) is 17.9. The number of hydrogen-bond donors (Lipinski definition) is 1. The third-order valence-electron chi connectivity index (χ3n) is 4.50. The number of amides is 1. The molecule has 6 heteroatoms. The Hall–Kier alpha value is -2.73. The average Bonchev–Trinajstić information content (AvgIpc) is 3.31. The molecule has 0 spiro atoms. The Balaban J connectivity index is 1.56. The second-order valence-corrected chi connectivity index (χ2v) is 7.61. The summed E-state index contributed by atoms with van der Waals surface area (Å²) < 4.78 is 0. The van der Waals surface area contributed by atoms with E-state index in [-0.39, 0.29) is 11.9 Å². The maximum absolute atomic E-state index is 12.9. The molecule has 3 aromatic rings. The molecule has 1 aromatic carbocycles. The van der Waals surface area contributed by atoms with Gasteiger partial charge in [-0.25, -0.2) is 9.97 Å². The molecule has 0 aliphatic carbocycles. The van der Waals surface area contributed by atoms with Gasteiger partial charge in [0.05, 0.1) is 11.7 Å². The van der Waals surface area contributed by atoms with E-state index in [0.717, 1.165) is 46.5 Å². The van der Waals surface area contributed by atoms with Crippen LogP contribution in [0.3, 0.4) is 0 Å². The van der Waals surface area contributed by atoms with E-state index in [0.29, 0.717) is 0 Å². The molecule has 132 valence electrons. The van der Waals surface area contributed by atoms with Crippen LogP contribution >= 0.6 is 11.3 Å². The highest BCUT2D eigenvalue weighted by Crippen LogP contribution is 2.33. The van der Waals surface area contributed by atoms with E-state index in [2.05, 4.69) is 10.3 Å². The Kier molecular flexibility index (Phi) is 4.67. The van der Waals surface area contributed by atoms with Gasteiger partial charge in [0.1, 0.15) is 5.82 Å². The highest BCUT2D eigenvalue weighted by Gasteiger charge is 2.31. The fourth-order valence-corrected chi connectivity index (χ4v) is 3.96. The molecule has 26 heavy (non-hydrogen) atoms. The Bertz CT molecular complexity index is 909. The highest BCUT2D eigenvalue weighted by molar-refractivity contribution is 7.15. The summed E-state index contributed by atoms with van der Waals surface area (Å²) in [6.45, 7) is 2.79. The number of pyridine rings is 1. The largest absolute Gasteiger partial charge is 0.330 e. The first kappa shape index (κ1) is 16.7. The summed E-state index contributed by atoms with van der Waals surface area (Å²) in [5.74, 6) is 0.833. The Morgan fingerprint density at radius 3 is 2.81 bits per heavy atom. The standard InChI is InChI=1S/C20H20N4OS/c1-14-13-21-20(26-14)23-18-11-5-9-16(22-18)17-10-6-12-24(17)19(25)15-7-3-2-4-8-15/h2-5,7-9,11,13,17H,6,10,12H2,1H3,(H,21,22,23). The van der Waals surface area contributed by atoms with Gasteiger partial charge in [0.25, 0.3) is 5.91 Å². The minimum Gasteiger partial charge on any atom is -0.330 e. The number of thiazole rings is 1. The summed E-state index contributed by atoms with van der Waals surface area (Å²) in [4.78, 5) is 25.0. The van der Waals surface area contributed by atoms with Crippen LogP contribution in [0.4, 0.5) is 10.9 Å². The quantitative estimate of drug-likeness (QED) is 0.737. The molecule has 1 fully saturated rings. The van der Waals surface area contributed by atoms with E-state index in [1.165, 1.54) is 0 Å². The first-order valence-corrected chi connectivity index (χ1v) is 9.55. The minimum atomic E-state index is 0.0162. The van der Waals surface area contributed by atoms with Gasteiger partial charge in [-0.1, -0.05) is 24.3 Å². The number of anilines is 2. The van der Waals surface area contributed by atoms with Crippen LogP contribution < -0.4 is 5.32 Å². The number of hydrogen-bond acceptors (Lipinski definition) is 5. The van der Waals surface area contributed by atoms with Crippen LogP contribution in [0.1, 0.15) is 39.8 Å². The lowest BCUT2D eigenvalue weighted by Crippen LogP contribution is -2.31. The van der Waals surface area contributed by atoms with E-state index in [4.69, 9.17) is 4.98 Å². The van der Waals surface area contributed by atoms with Crippen molar-refractivity contribution >= 4 is 28.2 Å². The molecule has 5 nitrogen and oxygen atoms in total. The van der Waals surface area contributed by atoms with Crippen LogP contribution in [0.25, 0.3) is 0 Å². The number of nitrogens with one attached hydrogen (secondary N) is 1. The molecular weight excluding hydrogens is 344 g/mol.